The van der Waals surface area contributed by atoms with Crippen molar-refractivity contribution < 1.29 is 69.3 Å². The van der Waals surface area contributed by atoms with E-state index in [-0.39, 0.29) is 13.0 Å². The standard InChI is InChI=1S/C33H56O14/c1-2-3-4-5-6-7-8-9-10-11-12-13-14-15-16-17-25(36)43-19-22(35)20-44-32-31(42)29(40)27(38)24(47-32)21-45-33-30(41)28(39)26(37)23(18-34)46-33/h3-4,6-7,9-10,22-24,26-35,37-42H,2,5,8,11-21H2,1H3/b4-3+,7-6+,10-9+/t22-,23-,24-,26+,27+,28+,29+,30-,31-,32-,33+/m1/s1. The number of hydrogen-bond donors (Lipinski definition) is 8. The van der Waals surface area contributed by atoms with Crippen molar-refractivity contribution in [3.05, 3.63) is 36.5 Å². The van der Waals surface area contributed by atoms with Crippen LogP contribution in [0.2, 0.25) is 0 Å². The first-order valence-corrected chi connectivity index (χ1v) is 16.6. The van der Waals surface area contributed by atoms with E-state index in [4.69, 9.17) is 23.7 Å². The predicted molar refractivity (Wildman–Crippen MR) is 169 cm³/mol. The molecule has 0 aliphatic carbocycles. The van der Waals surface area contributed by atoms with Gasteiger partial charge in [-0.3, -0.25) is 4.79 Å². The number of allylic oxidation sites excluding steroid dienone is 6. The zero-order valence-electron chi connectivity index (χ0n) is 27.2. The van der Waals surface area contributed by atoms with E-state index in [2.05, 4.69) is 43.4 Å². The first-order chi connectivity index (χ1) is 22.6. The number of rotatable bonds is 22. The molecule has 2 saturated heterocycles. The number of aliphatic hydroxyl groups excluding tert-OH is 8. The second-order valence-electron chi connectivity index (χ2n) is 11.8. The van der Waals surface area contributed by atoms with Gasteiger partial charge < -0.3 is 64.5 Å². The first-order valence-electron chi connectivity index (χ1n) is 16.6. The highest BCUT2D eigenvalue weighted by Gasteiger charge is 2.47. The number of aliphatic hydroxyl groups is 8. The second kappa shape index (κ2) is 23.5. The molecule has 2 fully saturated rings. The molecule has 0 saturated carbocycles. The van der Waals surface area contributed by atoms with Crippen LogP contribution < -0.4 is 0 Å². The fourth-order valence-corrected chi connectivity index (χ4v) is 4.99. The normalized spacial score (nSPS) is 32.4. The average Bonchev–Trinajstić information content (AvgIpc) is 3.06. The maximum atomic E-state index is 12.1. The summed E-state index contributed by atoms with van der Waals surface area (Å²) in [7, 11) is 0. The van der Waals surface area contributed by atoms with Crippen LogP contribution in [-0.4, -0.2) is 141 Å². The Bertz CT molecular complexity index is 927. The van der Waals surface area contributed by atoms with Crippen LogP contribution in [0.4, 0.5) is 0 Å². The molecule has 0 aromatic heterocycles. The summed E-state index contributed by atoms with van der Waals surface area (Å²) in [5.41, 5.74) is 0. The molecule has 2 aliphatic rings. The number of unbranched alkanes of at least 4 members (excludes halogenated alkanes) is 5. The summed E-state index contributed by atoms with van der Waals surface area (Å²) in [5.74, 6) is -0.455. The fourth-order valence-electron chi connectivity index (χ4n) is 4.99. The third kappa shape index (κ3) is 15.1. The molecule has 47 heavy (non-hydrogen) atoms. The van der Waals surface area contributed by atoms with Crippen LogP contribution in [0, 0.1) is 0 Å². The van der Waals surface area contributed by atoms with Gasteiger partial charge >= 0.3 is 5.97 Å². The van der Waals surface area contributed by atoms with E-state index in [0.717, 1.165) is 51.4 Å². The Hall–Kier alpha value is -1.79. The summed E-state index contributed by atoms with van der Waals surface area (Å²) in [6, 6.07) is 0. The van der Waals surface area contributed by atoms with E-state index in [1.165, 1.54) is 0 Å². The number of hydrogen-bond acceptors (Lipinski definition) is 14. The van der Waals surface area contributed by atoms with Crippen LogP contribution >= 0.6 is 0 Å². The highest BCUT2D eigenvalue weighted by molar-refractivity contribution is 5.69. The summed E-state index contributed by atoms with van der Waals surface area (Å²) in [6.07, 6.45) is 5.21. The Morgan fingerprint density at radius 2 is 1.23 bits per heavy atom. The summed E-state index contributed by atoms with van der Waals surface area (Å²) in [6.45, 7) is 0.155. The van der Waals surface area contributed by atoms with Gasteiger partial charge in [-0.05, 0) is 38.5 Å². The summed E-state index contributed by atoms with van der Waals surface area (Å²) < 4.78 is 26.6. The van der Waals surface area contributed by atoms with Crippen molar-refractivity contribution in [2.24, 2.45) is 0 Å². The summed E-state index contributed by atoms with van der Waals surface area (Å²) >= 11 is 0. The van der Waals surface area contributed by atoms with Gasteiger partial charge in [-0.1, -0.05) is 62.6 Å². The molecule has 2 rings (SSSR count). The van der Waals surface area contributed by atoms with E-state index in [1.54, 1.807) is 0 Å². The molecule has 0 spiro atoms. The van der Waals surface area contributed by atoms with E-state index >= 15 is 0 Å². The lowest BCUT2D eigenvalue weighted by molar-refractivity contribution is -0.332. The topological polar surface area (TPSA) is 225 Å². The number of carbonyl (C=O) groups excluding carboxylic acids is 1. The van der Waals surface area contributed by atoms with Crippen molar-refractivity contribution in [3.8, 4) is 0 Å². The third-order valence-corrected chi connectivity index (χ3v) is 7.86. The number of ether oxygens (including phenoxy) is 5. The minimum absolute atomic E-state index is 0.220. The molecule has 0 radical (unpaired) electrons. The number of carbonyl (C=O) groups is 1. The SMILES string of the molecule is CC/C=C/C/C=C/C/C=C/CCCCCCCC(=O)OC[C@@H](O)CO[C@@H]1O[C@H](CO[C@H]2O[C@H](CO)[C@H](O)[C@H](O)[C@H]2O)[C@H](O)[C@H](O)[C@H]1O. The van der Waals surface area contributed by atoms with Crippen LogP contribution in [-0.2, 0) is 28.5 Å². The predicted octanol–water partition coefficient (Wildman–Crippen LogP) is 0.121. The molecule has 2 heterocycles. The Morgan fingerprint density at radius 1 is 0.681 bits per heavy atom. The molecule has 2 aliphatic heterocycles. The molecule has 0 amide bonds. The monoisotopic (exact) mass is 676 g/mol. The van der Waals surface area contributed by atoms with Gasteiger partial charge in [-0.15, -0.1) is 0 Å². The van der Waals surface area contributed by atoms with Crippen LogP contribution in [0.3, 0.4) is 0 Å². The molecular formula is C33H56O14. The molecule has 0 unspecified atom stereocenters. The molecule has 0 bridgehead atoms. The zero-order chi connectivity index (χ0) is 34.6. The van der Waals surface area contributed by atoms with Crippen molar-refractivity contribution in [3.63, 3.8) is 0 Å². The van der Waals surface area contributed by atoms with Crippen LogP contribution in [0.1, 0.15) is 71.1 Å². The van der Waals surface area contributed by atoms with Crippen LogP contribution in [0.15, 0.2) is 36.5 Å². The quantitative estimate of drug-likeness (QED) is 0.0433. The lowest BCUT2D eigenvalue weighted by Gasteiger charge is -2.42. The van der Waals surface area contributed by atoms with Gasteiger partial charge in [0.1, 0.15) is 61.5 Å². The maximum Gasteiger partial charge on any atom is 0.305 e. The van der Waals surface area contributed by atoms with E-state index in [0.29, 0.717) is 6.42 Å². The smallest absolute Gasteiger partial charge is 0.305 e. The summed E-state index contributed by atoms with van der Waals surface area (Å²) in [4.78, 5) is 12.1. The third-order valence-electron chi connectivity index (χ3n) is 7.86. The van der Waals surface area contributed by atoms with Gasteiger partial charge in [0.2, 0.25) is 0 Å². The Kier molecular flexibility index (Phi) is 20.7. The van der Waals surface area contributed by atoms with Crippen LogP contribution in [0.5, 0.6) is 0 Å². The van der Waals surface area contributed by atoms with E-state index in [1.807, 2.05) is 0 Å². The molecule has 272 valence electrons. The van der Waals surface area contributed by atoms with Gasteiger partial charge in [-0.2, -0.15) is 0 Å². The average molecular weight is 677 g/mol. The van der Waals surface area contributed by atoms with Gasteiger partial charge in [0.15, 0.2) is 12.6 Å². The zero-order valence-corrected chi connectivity index (χ0v) is 27.2. The molecular weight excluding hydrogens is 620 g/mol. The fraction of sp³-hybridized carbons (Fsp3) is 0.788. The highest BCUT2D eigenvalue weighted by Crippen LogP contribution is 2.26. The number of esters is 1. The van der Waals surface area contributed by atoms with Crippen molar-refractivity contribution in [2.45, 2.75) is 139 Å². The van der Waals surface area contributed by atoms with Crippen molar-refractivity contribution in [1.29, 1.82) is 0 Å². The first kappa shape index (κ1) is 41.4. The Balaban J connectivity index is 1.59. The maximum absolute atomic E-state index is 12.1. The molecule has 0 aromatic rings. The van der Waals surface area contributed by atoms with Gasteiger partial charge in [-0.25, -0.2) is 0 Å². The van der Waals surface area contributed by atoms with Crippen LogP contribution in [0.25, 0.3) is 0 Å². The minimum atomic E-state index is -1.73. The van der Waals surface area contributed by atoms with Crippen molar-refractivity contribution in [2.75, 3.05) is 26.4 Å². The summed E-state index contributed by atoms with van der Waals surface area (Å²) in [5, 5.41) is 80.3. The molecule has 11 atom stereocenters. The molecule has 14 nitrogen and oxygen atoms in total. The van der Waals surface area contributed by atoms with Crippen molar-refractivity contribution >= 4 is 5.97 Å². The van der Waals surface area contributed by atoms with Gasteiger partial charge in [0, 0.05) is 6.42 Å². The Labute approximate surface area is 276 Å². The second-order valence-corrected chi connectivity index (χ2v) is 11.8. The van der Waals surface area contributed by atoms with E-state index in [9.17, 15) is 45.6 Å². The lowest BCUT2D eigenvalue weighted by atomic mass is 9.98. The lowest BCUT2D eigenvalue weighted by Crippen LogP contribution is -2.61. The molecule has 8 N–H and O–H groups in total. The van der Waals surface area contributed by atoms with Gasteiger partial charge in [0.25, 0.3) is 0 Å². The Morgan fingerprint density at radius 3 is 1.89 bits per heavy atom. The van der Waals surface area contributed by atoms with Crippen molar-refractivity contribution in [1.82, 2.24) is 0 Å². The minimum Gasteiger partial charge on any atom is -0.463 e. The molecule has 14 heteroatoms. The van der Waals surface area contributed by atoms with E-state index < -0.39 is 93.3 Å². The molecule has 0 aromatic carbocycles. The highest BCUT2D eigenvalue weighted by atomic mass is 16.7. The van der Waals surface area contributed by atoms with Gasteiger partial charge in [0.05, 0.1) is 19.8 Å². The largest absolute Gasteiger partial charge is 0.463 e.